The topological polar surface area (TPSA) is 49.4 Å². The van der Waals surface area contributed by atoms with Gasteiger partial charge in [-0.15, -0.1) is 0 Å². The first-order valence-electron chi connectivity index (χ1n) is 5.33. The molecule has 3 amide bonds. The molecule has 0 aromatic carbocycles. The third-order valence-corrected chi connectivity index (χ3v) is 3.23. The molecule has 1 aliphatic heterocycles. The molecule has 0 aromatic heterocycles. The molecule has 2 aliphatic rings. The van der Waals surface area contributed by atoms with E-state index in [1.54, 1.807) is 11.8 Å². The van der Waals surface area contributed by atoms with Crippen LogP contribution in [0.25, 0.3) is 0 Å². The third-order valence-electron chi connectivity index (χ3n) is 3.23. The quantitative estimate of drug-likeness (QED) is 0.642. The average Bonchev–Trinajstić information content (AvgIpc) is 2.43. The van der Waals surface area contributed by atoms with Crippen LogP contribution in [0.2, 0.25) is 0 Å². The molecule has 1 saturated heterocycles. The summed E-state index contributed by atoms with van der Waals surface area (Å²) in [6.07, 6.45) is 5.70. The van der Waals surface area contributed by atoms with Gasteiger partial charge < -0.3 is 4.90 Å². The van der Waals surface area contributed by atoms with Gasteiger partial charge >= 0.3 is 6.03 Å². The molecule has 1 aliphatic carbocycles. The minimum absolute atomic E-state index is 0.152. The summed E-state index contributed by atoms with van der Waals surface area (Å²) in [5, 5.41) is 2.36. The Morgan fingerprint density at radius 1 is 1.21 bits per heavy atom. The van der Waals surface area contributed by atoms with E-state index < -0.39 is 0 Å². The number of hydrogen-bond acceptors (Lipinski definition) is 2. The van der Waals surface area contributed by atoms with Crippen molar-refractivity contribution in [1.29, 1.82) is 0 Å². The van der Waals surface area contributed by atoms with E-state index in [-0.39, 0.29) is 24.0 Å². The molecule has 4 heteroatoms. The number of rotatable bonds is 1. The number of nitrogens with zero attached hydrogens (tertiary/aromatic N) is 1. The first-order chi connectivity index (χ1) is 6.70. The van der Waals surface area contributed by atoms with Gasteiger partial charge in [0.2, 0.25) is 0 Å². The van der Waals surface area contributed by atoms with Crippen LogP contribution in [-0.4, -0.2) is 28.9 Å². The molecule has 1 unspecified atom stereocenters. The molecule has 2 fully saturated rings. The van der Waals surface area contributed by atoms with Gasteiger partial charge in [0.1, 0.15) is 6.04 Å². The molecule has 1 saturated carbocycles. The van der Waals surface area contributed by atoms with Crippen molar-refractivity contribution < 1.29 is 9.59 Å². The standard InChI is InChI=1S/C10H16N2O2/c1-7-9(13)11-10(14)12(7)8-5-3-2-4-6-8/h7-8H,2-6H2,1H3,(H,11,13,14). The summed E-state index contributed by atoms with van der Waals surface area (Å²) in [6, 6.07) is -0.190. The molecule has 4 nitrogen and oxygen atoms in total. The van der Waals surface area contributed by atoms with E-state index in [1.165, 1.54) is 19.3 Å². The maximum absolute atomic E-state index is 11.5. The Kier molecular flexibility index (Phi) is 2.44. The highest BCUT2D eigenvalue weighted by Gasteiger charge is 2.39. The monoisotopic (exact) mass is 196 g/mol. The predicted molar refractivity (Wildman–Crippen MR) is 51.7 cm³/mol. The van der Waals surface area contributed by atoms with E-state index in [4.69, 9.17) is 0 Å². The number of amides is 3. The maximum atomic E-state index is 11.5. The average molecular weight is 196 g/mol. The second kappa shape index (κ2) is 3.59. The van der Waals surface area contributed by atoms with Crippen molar-refractivity contribution in [3.05, 3.63) is 0 Å². The van der Waals surface area contributed by atoms with E-state index in [2.05, 4.69) is 5.32 Å². The van der Waals surface area contributed by atoms with Gasteiger partial charge in [0, 0.05) is 6.04 Å². The van der Waals surface area contributed by atoms with E-state index in [0.29, 0.717) is 0 Å². The Bertz CT molecular complexity index is 259. The van der Waals surface area contributed by atoms with Crippen LogP contribution in [0.3, 0.4) is 0 Å². The number of nitrogens with one attached hydrogen (secondary N) is 1. The molecule has 1 atom stereocenters. The summed E-state index contributed by atoms with van der Waals surface area (Å²) in [7, 11) is 0. The lowest BCUT2D eigenvalue weighted by molar-refractivity contribution is -0.121. The lowest BCUT2D eigenvalue weighted by Gasteiger charge is -2.32. The minimum atomic E-state index is -0.273. The van der Waals surface area contributed by atoms with Crippen LogP contribution in [0.1, 0.15) is 39.0 Å². The fourth-order valence-corrected chi connectivity index (χ4v) is 2.42. The largest absolute Gasteiger partial charge is 0.325 e. The zero-order valence-corrected chi connectivity index (χ0v) is 8.45. The van der Waals surface area contributed by atoms with E-state index in [9.17, 15) is 9.59 Å². The Morgan fingerprint density at radius 2 is 1.86 bits per heavy atom. The summed E-state index contributed by atoms with van der Waals surface area (Å²) < 4.78 is 0. The van der Waals surface area contributed by atoms with Crippen molar-refractivity contribution in [2.75, 3.05) is 0 Å². The second-order valence-corrected chi connectivity index (χ2v) is 4.17. The molecule has 2 rings (SSSR count). The van der Waals surface area contributed by atoms with Crippen LogP contribution in [0.4, 0.5) is 4.79 Å². The SMILES string of the molecule is CC1C(=O)NC(=O)N1C1CCCCC1. The highest BCUT2D eigenvalue weighted by atomic mass is 16.2. The molecule has 1 N–H and O–H groups in total. The maximum Gasteiger partial charge on any atom is 0.325 e. The molecule has 0 spiro atoms. The summed E-state index contributed by atoms with van der Waals surface area (Å²) in [5.41, 5.74) is 0. The minimum Gasteiger partial charge on any atom is -0.310 e. The summed E-state index contributed by atoms with van der Waals surface area (Å²) in [6.45, 7) is 1.80. The molecule has 14 heavy (non-hydrogen) atoms. The molecule has 0 bridgehead atoms. The highest BCUT2D eigenvalue weighted by molar-refractivity contribution is 6.04. The third kappa shape index (κ3) is 1.49. The smallest absolute Gasteiger partial charge is 0.310 e. The predicted octanol–water partition coefficient (Wildman–Crippen LogP) is 1.26. The van der Waals surface area contributed by atoms with Crippen molar-refractivity contribution in [2.24, 2.45) is 0 Å². The molecule has 0 aromatic rings. The second-order valence-electron chi connectivity index (χ2n) is 4.17. The Hall–Kier alpha value is -1.06. The zero-order chi connectivity index (χ0) is 10.1. The van der Waals surface area contributed by atoms with Gasteiger partial charge in [-0.25, -0.2) is 4.79 Å². The van der Waals surface area contributed by atoms with Gasteiger partial charge in [-0.05, 0) is 19.8 Å². The molecule has 78 valence electrons. The fourth-order valence-electron chi connectivity index (χ4n) is 2.42. The van der Waals surface area contributed by atoms with E-state index in [0.717, 1.165) is 12.8 Å². The van der Waals surface area contributed by atoms with Crippen molar-refractivity contribution in [2.45, 2.75) is 51.1 Å². The fraction of sp³-hybridized carbons (Fsp3) is 0.800. The van der Waals surface area contributed by atoms with Gasteiger partial charge in [-0.2, -0.15) is 0 Å². The molecule has 0 radical (unpaired) electrons. The van der Waals surface area contributed by atoms with Crippen LogP contribution in [0.15, 0.2) is 0 Å². The van der Waals surface area contributed by atoms with Crippen LogP contribution < -0.4 is 5.32 Å². The van der Waals surface area contributed by atoms with E-state index >= 15 is 0 Å². The van der Waals surface area contributed by atoms with Crippen molar-refractivity contribution in [3.63, 3.8) is 0 Å². The van der Waals surface area contributed by atoms with Gasteiger partial charge in [0.15, 0.2) is 0 Å². The number of imide groups is 1. The summed E-state index contributed by atoms with van der Waals surface area (Å²) in [4.78, 5) is 24.5. The summed E-state index contributed by atoms with van der Waals surface area (Å²) >= 11 is 0. The lowest BCUT2D eigenvalue weighted by Crippen LogP contribution is -2.42. The zero-order valence-electron chi connectivity index (χ0n) is 8.45. The first-order valence-corrected chi connectivity index (χ1v) is 5.33. The normalized spacial score (nSPS) is 29.5. The van der Waals surface area contributed by atoms with Gasteiger partial charge in [0.05, 0.1) is 0 Å². The van der Waals surface area contributed by atoms with E-state index in [1.807, 2.05) is 0 Å². The number of carbonyl (C=O) groups excluding carboxylic acids is 2. The summed E-state index contributed by atoms with van der Waals surface area (Å²) in [5.74, 6) is -0.152. The van der Waals surface area contributed by atoms with Gasteiger partial charge in [-0.1, -0.05) is 19.3 Å². The van der Waals surface area contributed by atoms with Crippen LogP contribution >= 0.6 is 0 Å². The molecule has 1 heterocycles. The Balaban J connectivity index is 2.08. The van der Waals surface area contributed by atoms with Crippen molar-refractivity contribution in [3.8, 4) is 0 Å². The number of hydrogen-bond donors (Lipinski definition) is 1. The van der Waals surface area contributed by atoms with Crippen LogP contribution in [-0.2, 0) is 4.79 Å². The molecular formula is C10H16N2O2. The van der Waals surface area contributed by atoms with Crippen LogP contribution in [0, 0.1) is 0 Å². The van der Waals surface area contributed by atoms with Gasteiger partial charge in [-0.3, -0.25) is 10.1 Å². The van der Waals surface area contributed by atoms with Crippen molar-refractivity contribution >= 4 is 11.9 Å². The first kappa shape index (κ1) is 9.49. The highest BCUT2D eigenvalue weighted by Crippen LogP contribution is 2.26. The number of carbonyl (C=O) groups is 2. The Labute approximate surface area is 83.6 Å². The number of urea groups is 1. The molecular weight excluding hydrogens is 180 g/mol. The lowest BCUT2D eigenvalue weighted by atomic mass is 9.94. The van der Waals surface area contributed by atoms with Crippen molar-refractivity contribution in [1.82, 2.24) is 10.2 Å². The Morgan fingerprint density at radius 3 is 2.36 bits per heavy atom. The van der Waals surface area contributed by atoms with Gasteiger partial charge in [0.25, 0.3) is 5.91 Å². The van der Waals surface area contributed by atoms with Crippen LogP contribution in [0.5, 0.6) is 0 Å².